The van der Waals surface area contributed by atoms with E-state index in [1.807, 2.05) is 6.07 Å². The number of aliphatic hydroxyl groups excluding tert-OH is 1. The summed E-state index contributed by atoms with van der Waals surface area (Å²) in [4.78, 5) is 19.9. The van der Waals surface area contributed by atoms with E-state index in [0.717, 1.165) is 51.0 Å². The highest BCUT2D eigenvalue weighted by molar-refractivity contribution is 6.08. The average Bonchev–Trinajstić information content (AvgIpc) is 3.48. The van der Waals surface area contributed by atoms with Crippen molar-refractivity contribution in [1.82, 2.24) is 24.4 Å². The molecule has 2 bridgehead atoms. The summed E-state index contributed by atoms with van der Waals surface area (Å²) in [6.07, 6.45) is 6.37. The largest absolute Gasteiger partial charge is 0.396 e. The van der Waals surface area contributed by atoms with Crippen molar-refractivity contribution in [3.63, 3.8) is 0 Å². The number of hydrogen-bond donors (Lipinski definition) is 2. The van der Waals surface area contributed by atoms with Gasteiger partial charge in [-0.05, 0) is 37.7 Å². The second-order valence-corrected chi connectivity index (χ2v) is 9.65. The minimum absolute atomic E-state index is 0.0157. The number of rotatable bonds is 6. The van der Waals surface area contributed by atoms with Crippen LogP contribution in [0.1, 0.15) is 60.6 Å². The van der Waals surface area contributed by atoms with Gasteiger partial charge in [0, 0.05) is 38.5 Å². The molecule has 2 atom stereocenters. The van der Waals surface area contributed by atoms with Crippen LogP contribution in [0.4, 0.5) is 20.3 Å². The Morgan fingerprint density at radius 3 is 2.66 bits per heavy atom. The molecule has 7 rings (SSSR count). The van der Waals surface area contributed by atoms with Crippen LogP contribution in [0.2, 0.25) is 0 Å². The molecule has 186 valence electrons. The molecule has 1 aliphatic carbocycles. The lowest BCUT2D eigenvalue weighted by Crippen LogP contribution is -2.57. The number of hydrogen-bond acceptors (Lipinski definition) is 7. The molecule has 10 nitrogen and oxygen atoms in total. The maximum atomic E-state index is 13.8. The molecule has 3 aromatic heterocycles. The normalized spacial score (nSPS) is 26.2. The molecule has 1 amide bonds. The van der Waals surface area contributed by atoms with Crippen LogP contribution in [0.3, 0.4) is 0 Å². The fourth-order valence-corrected chi connectivity index (χ4v) is 5.37. The highest BCUT2D eigenvalue weighted by atomic mass is 19.3. The van der Waals surface area contributed by atoms with Gasteiger partial charge in [-0.15, -0.1) is 0 Å². The Morgan fingerprint density at radius 1 is 1.23 bits per heavy atom. The van der Waals surface area contributed by atoms with E-state index in [-0.39, 0.29) is 42.0 Å². The monoisotopic (exact) mass is 487 g/mol. The Balaban J connectivity index is 1.23. The van der Waals surface area contributed by atoms with Crippen LogP contribution in [-0.2, 0) is 4.74 Å². The topological polar surface area (TPSA) is 110 Å². The Morgan fingerprint density at radius 2 is 1.97 bits per heavy atom. The molecule has 1 saturated carbocycles. The van der Waals surface area contributed by atoms with Crippen LogP contribution in [0.5, 0.6) is 0 Å². The first-order chi connectivity index (χ1) is 17.0. The van der Waals surface area contributed by atoms with Crippen molar-refractivity contribution in [2.24, 2.45) is 5.92 Å². The molecule has 2 unspecified atom stereocenters. The minimum Gasteiger partial charge on any atom is -0.396 e. The summed E-state index contributed by atoms with van der Waals surface area (Å²) in [5, 5.41) is 20.3. The Bertz CT molecular complexity index is 1220. The van der Waals surface area contributed by atoms with Gasteiger partial charge in [0.15, 0.2) is 11.3 Å². The number of amides is 1. The molecule has 4 aliphatic rings. The summed E-state index contributed by atoms with van der Waals surface area (Å²) in [6, 6.07) is 1.80. The van der Waals surface area contributed by atoms with Crippen molar-refractivity contribution in [3.8, 4) is 0 Å². The maximum absolute atomic E-state index is 13.8. The number of fused-ring (bicyclic) bond motifs is 3. The number of halogens is 2. The Kier molecular flexibility index (Phi) is 5.64. The third kappa shape index (κ3) is 4.14. The van der Waals surface area contributed by atoms with Crippen molar-refractivity contribution in [2.75, 3.05) is 29.9 Å². The summed E-state index contributed by atoms with van der Waals surface area (Å²) < 4.78 is 36.2. The quantitative estimate of drug-likeness (QED) is 0.550. The third-order valence-electron chi connectivity index (χ3n) is 7.35. The smallest absolute Gasteiger partial charge is 0.284 e. The van der Waals surface area contributed by atoms with E-state index < -0.39 is 18.0 Å². The van der Waals surface area contributed by atoms with Crippen LogP contribution in [-0.4, -0.2) is 67.3 Å². The number of ether oxygens (including phenoxy) is 1. The van der Waals surface area contributed by atoms with Gasteiger partial charge in [0.2, 0.25) is 0 Å². The predicted molar refractivity (Wildman–Crippen MR) is 122 cm³/mol. The van der Waals surface area contributed by atoms with Gasteiger partial charge >= 0.3 is 0 Å². The van der Waals surface area contributed by atoms with Gasteiger partial charge in [0.1, 0.15) is 11.4 Å². The summed E-state index contributed by atoms with van der Waals surface area (Å²) >= 11 is 0. The summed E-state index contributed by atoms with van der Waals surface area (Å²) in [6.45, 7) is 1.62. The van der Waals surface area contributed by atoms with E-state index in [2.05, 4.69) is 25.4 Å². The molecule has 2 N–H and O–H groups in total. The summed E-state index contributed by atoms with van der Waals surface area (Å²) in [7, 11) is 0. The molecular weight excluding hydrogens is 460 g/mol. The van der Waals surface area contributed by atoms with Gasteiger partial charge in [-0.1, -0.05) is 0 Å². The lowest BCUT2D eigenvalue weighted by Gasteiger charge is -2.47. The zero-order chi connectivity index (χ0) is 24.1. The van der Waals surface area contributed by atoms with E-state index in [9.17, 15) is 18.7 Å². The van der Waals surface area contributed by atoms with Crippen molar-refractivity contribution in [2.45, 2.75) is 56.8 Å². The molecule has 35 heavy (non-hydrogen) atoms. The van der Waals surface area contributed by atoms with Crippen LogP contribution < -0.4 is 10.2 Å². The van der Waals surface area contributed by atoms with E-state index >= 15 is 0 Å². The number of morpholine rings is 1. The molecule has 3 saturated heterocycles. The Hall–Kier alpha value is -3.12. The van der Waals surface area contributed by atoms with E-state index in [1.165, 1.54) is 21.6 Å². The van der Waals surface area contributed by atoms with Gasteiger partial charge in [0.05, 0.1) is 30.1 Å². The first-order valence-electron chi connectivity index (χ1n) is 12.0. The maximum Gasteiger partial charge on any atom is 0.284 e. The number of anilines is 2. The first-order valence-corrected chi connectivity index (χ1v) is 12.0. The number of alkyl halides is 2. The van der Waals surface area contributed by atoms with Gasteiger partial charge in [0.25, 0.3) is 12.3 Å². The molecule has 12 heteroatoms. The van der Waals surface area contributed by atoms with Crippen molar-refractivity contribution >= 4 is 23.1 Å². The fourth-order valence-electron chi connectivity index (χ4n) is 5.37. The standard InChI is InChI=1S/C23H27F2N7O3/c24-21(25)20-18(11-32(29-20)14-3-1-13(12-33)2-4-14)27-23(34)17-8-26-31-6-5-19(28-22(17)31)30-9-15-7-16(10-30)35-15/h5-6,8,11,13-16,21,33H,1-4,7,9-10,12H2,(H,27,34)/t13-,14-,15?,16?. The number of piperidine rings is 1. The van der Waals surface area contributed by atoms with Crippen molar-refractivity contribution < 1.29 is 23.4 Å². The molecular formula is C23H27F2N7O3. The molecule has 3 aliphatic heterocycles. The van der Waals surface area contributed by atoms with Gasteiger partial charge < -0.3 is 20.1 Å². The minimum atomic E-state index is -2.83. The second kappa shape index (κ2) is 8.83. The SMILES string of the molecule is O=C(Nc1cn([C@H]2CC[C@H](CO)CC2)nc1C(F)F)c1cnn2ccc(N3CC4CC(C3)O4)nc12. The zero-order valence-corrected chi connectivity index (χ0v) is 19.1. The zero-order valence-electron chi connectivity index (χ0n) is 19.1. The number of nitrogens with one attached hydrogen (secondary N) is 1. The first kappa shape index (κ1) is 22.4. The Labute approximate surface area is 199 Å². The lowest BCUT2D eigenvalue weighted by atomic mass is 9.87. The van der Waals surface area contributed by atoms with E-state index in [0.29, 0.717) is 5.65 Å². The van der Waals surface area contributed by atoms with Gasteiger partial charge in [-0.3, -0.25) is 9.48 Å². The van der Waals surface area contributed by atoms with Gasteiger partial charge in [-0.2, -0.15) is 10.2 Å². The molecule has 0 radical (unpaired) electrons. The third-order valence-corrected chi connectivity index (χ3v) is 7.35. The predicted octanol–water partition coefficient (Wildman–Crippen LogP) is 2.82. The molecule has 6 heterocycles. The van der Waals surface area contributed by atoms with Crippen molar-refractivity contribution in [1.29, 1.82) is 0 Å². The second-order valence-electron chi connectivity index (χ2n) is 9.65. The van der Waals surface area contributed by atoms with E-state index in [1.54, 1.807) is 6.20 Å². The highest BCUT2D eigenvalue weighted by Gasteiger charge is 2.39. The average molecular weight is 488 g/mol. The molecule has 4 fully saturated rings. The number of carbonyl (C=O) groups is 1. The molecule has 3 aromatic rings. The van der Waals surface area contributed by atoms with Crippen LogP contribution >= 0.6 is 0 Å². The molecule has 0 spiro atoms. The number of nitrogens with zero attached hydrogens (tertiary/aromatic N) is 6. The lowest BCUT2D eigenvalue weighted by molar-refractivity contribution is -0.133. The van der Waals surface area contributed by atoms with Crippen LogP contribution in [0.15, 0.2) is 24.7 Å². The van der Waals surface area contributed by atoms with Crippen LogP contribution in [0.25, 0.3) is 5.65 Å². The fraction of sp³-hybridized carbons (Fsp3) is 0.565. The summed E-state index contributed by atoms with van der Waals surface area (Å²) in [5.74, 6) is 0.399. The molecule has 0 aromatic carbocycles. The summed E-state index contributed by atoms with van der Waals surface area (Å²) in [5.41, 5.74) is 0.0773. The van der Waals surface area contributed by atoms with Crippen molar-refractivity contribution in [3.05, 3.63) is 35.9 Å². The van der Waals surface area contributed by atoms with E-state index in [4.69, 9.17) is 4.74 Å². The number of aliphatic hydroxyl groups is 1. The van der Waals surface area contributed by atoms with Crippen LogP contribution in [0, 0.1) is 5.92 Å². The van der Waals surface area contributed by atoms with Gasteiger partial charge in [-0.25, -0.2) is 18.3 Å². The highest BCUT2D eigenvalue weighted by Crippen LogP contribution is 2.35. The number of carbonyl (C=O) groups excluding carboxylic acids is 1. The number of aromatic nitrogens is 5.